The lowest BCUT2D eigenvalue weighted by Crippen LogP contribution is -2.03. The molecule has 1 aromatic carbocycles. The van der Waals surface area contributed by atoms with Crippen molar-refractivity contribution in [2.24, 2.45) is 0 Å². The van der Waals surface area contributed by atoms with Crippen LogP contribution in [0.2, 0.25) is 0 Å². The Balaban J connectivity index is 1.90. The monoisotopic (exact) mass is 271 g/mol. The molecule has 4 nitrogen and oxygen atoms in total. The van der Waals surface area contributed by atoms with Gasteiger partial charge in [0.1, 0.15) is 6.10 Å². The van der Waals surface area contributed by atoms with Gasteiger partial charge in [0.15, 0.2) is 11.5 Å². The largest absolute Gasteiger partial charge is 0.490 e. The highest BCUT2D eigenvalue weighted by Gasteiger charge is 2.16. The zero-order valence-electron chi connectivity index (χ0n) is 11.4. The van der Waals surface area contributed by atoms with Gasteiger partial charge in [0.05, 0.1) is 18.9 Å². The molecule has 1 unspecified atom stereocenters. The SMILES string of the molecule is Cc1ccc(C(O)c2ccc3c(c2)OCCCO3)nc1. The molecule has 3 rings (SSSR count). The van der Waals surface area contributed by atoms with E-state index in [0.717, 1.165) is 23.3 Å². The number of ether oxygens (including phenoxy) is 2. The van der Waals surface area contributed by atoms with E-state index in [1.807, 2.05) is 37.3 Å². The number of hydrogen-bond donors (Lipinski definition) is 1. The highest BCUT2D eigenvalue weighted by atomic mass is 16.5. The van der Waals surface area contributed by atoms with Crippen LogP contribution in [0.25, 0.3) is 0 Å². The van der Waals surface area contributed by atoms with Crippen molar-refractivity contribution in [3.8, 4) is 11.5 Å². The molecule has 1 aliphatic heterocycles. The van der Waals surface area contributed by atoms with Crippen LogP contribution in [-0.2, 0) is 0 Å². The van der Waals surface area contributed by atoms with Gasteiger partial charge >= 0.3 is 0 Å². The van der Waals surface area contributed by atoms with E-state index in [0.29, 0.717) is 24.7 Å². The van der Waals surface area contributed by atoms with Crippen LogP contribution in [0.1, 0.15) is 29.3 Å². The molecule has 0 aliphatic carbocycles. The van der Waals surface area contributed by atoms with Gasteiger partial charge in [0, 0.05) is 12.6 Å². The number of hydrogen-bond acceptors (Lipinski definition) is 4. The molecule has 0 spiro atoms. The molecule has 20 heavy (non-hydrogen) atoms. The van der Waals surface area contributed by atoms with Crippen LogP contribution in [-0.4, -0.2) is 23.3 Å². The molecule has 104 valence electrons. The fraction of sp³-hybridized carbons (Fsp3) is 0.312. The normalized spacial score (nSPS) is 15.5. The molecule has 0 bridgehead atoms. The maximum Gasteiger partial charge on any atom is 0.161 e. The molecular weight excluding hydrogens is 254 g/mol. The number of aryl methyl sites for hydroxylation is 1. The van der Waals surface area contributed by atoms with Gasteiger partial charge in [0.2, 0.25) is 0 Å². The van der Waals surface area contributed by atoms with Gasteiger partial charge in [-0.1, -0.05) is 12.1 Å². The van der Waals surface area contributed by atoms with Crippen molar-refractivity contribution in [1.29, 1.82) is 0 Å². The third kappa shape index (κ3) is 2.60. The van der Waals surface area contributed by atoms with E-state index >= 15 is 0 Å². The van der Waals surface area contributed by atoms with Gasteiger partial charge in [-0.25, -0.2) is 0 Å². The summed E-state index contributed by atoms with van der Waals surface area (Å²) < 4.78 is 11.2. The van der Waals surface area contributed by atoms with E-state index in [9.17, 15) is 5.11 Å². The molecule has 1 atom stereocenters. The number of aliphatic hydroxyl groups excluding tert-OH is 1. The Bertz CT molecular complexity index is 595. The highest BCUT2D eigenvalue weighted by Crippen LogP contribution is 2.33. The van der Waals surface area contributed by atoms with E-state index in [4.69, 9.17) is 9.47 Å². The summed E-state index contributed by atoms with van der Waals surface area (Å²) in [5.74, 6) is 1.42. The third-order valence-corrected chi connectivity index (χ3v) is 3.30. The molecule has 0 amide bonds. The highest BCUT2D eigenvalue weighted by molar-refractivity contribution is 5.45. The van der Waals surface area contributed by atoms with Crippen LogP contribution in [0.4, 0.5) is 0 Å². The minimum atomic E-state index is -0.757. The summed E-state index contributed by atoms with van der Waals surface area (Å²) in [6.07, 6.45) is 1.86. The van der Waals surface area contributed by atoms with Gasteiger partial charge in [0.25, 0.3) is 0 Å². The average molecular weight is 271 g/mol. The van der Waals surface area contributed by atoms with Crippen molar-refractivity contribution >= 4 is 0 Å². The lowest BCUT2D eigenvalue weighted by molar-refractivity contribution is 0.214. The molecule has 1 N–H and O–H groups in total. The molecule has 1 aromatic heterocycles. The first kappa shape index (κ1) is 12.9. The Morgan fingerprint density at radius 1 is 1.10 bits per heavy atom. The van der Waals surface area contributed by atoms with Crippen LogP contribution < -0.4 is 9.47 Å². The number of aromatic nitrogens is 1. The first-order chi connectivity index (χ1) is 9.74. The summed E-state index contributed by atoms with van der Waals surface area (Å²) in [6, 6.07) is 9.29. The van der Waals surface area contributed by atoms with Gasteiger partial charge in [-0.2, -0.15) is 0 Å². The van der Waals surface area contributed by atoms with Crippen LogP contribution in [0.3, 0.4) is 0 Å². The van der Waals surface area contributed by atoms with Crippen molar-refractivity contribution in [2.75, 3.05) is 13.2 Å². The van der Waals surface area contributed by atoms with Crippen molar-refractivity contribution < 1.29 is 14.6 Å². The first-order valence-corrected chi connectivity index (χ1v) is 6.74. The van der Waals surface area contributed by atoms with E-state index in [2.05, 4.69) is 4.98 Å². The Morgan fingerprint density at radius 3 is 2.65 bits per heavy atom. The quantitative estimate of drug-likeness (QED) is 0.912. The minimum Gasteiger partial charge on any atom is -0.490 e. The Labute approximate surface area is 118 Å². The summed E-state index contributed by atoms with van der Waals surface area (Å²) in [7, 11) is 0. The second-order valence-corrected chi connectivity index (χ2v) is 4.92. The van der Waals surface area contributed by atoms with Crippen LogP contribution in [0.15, 0.2) is 36.5 Å². The van der Waals surface area contributed by atoms with Crippen molar-refractivity contribution in [2.45, 2.75) is 19.4 Å². The lowest BCUT2D eigenvalue weighted by Gasteiger charge is -2.14. The predicted octanol–water partition coefficient (Wildman–Crippen LogP) is 2.63. The topological polar surface area (TPSA) is 51.6 Å². The Hall–Kier alpha value is -2.07. The van der Waals surface area contributed by atoms with Crippen LogP contribution >= 0.6 is 0 Å². The zero-order valence-corrected chi connectivity index (χ0v) is 11.4. The Kier molecular flexibility index (Phi) is 3.56. The smallest absolute Gasteiger partial charge is 0.161 e. The number of nitrogens with zero attached hydrogens (tertiary/aromatic N) is 1. The standard InChI is InChI=1S/C16H17NO3/c1-11-3-5-13(17-10-11)16(18)12-4-6-14-15(9-12)20-8-2-7-19-14/h3-6,9-10,16,18H,2,7-8H2,1H3. The number of pyridine rings is 1. The fourth-order valence-corrected chi connectivity index (χ4v) is 2.16. The van der Waals surface area contributed by atoms with Crippen molar-refractivity contribution in [3.63, 3.8) is 0 Å². The second kappa shape index (κ2) is 5.51. The van der Waals surface area contributed by atoms with Crippen LogP contribution in [0.5, 0.6) is 11.5 Å². The summed E-state index contributed by atoms with van der Waals surface area (Å²) in [6.45, 7) is 3.26. The fourth-order valence-electron chi connectivity index (χ4n) is 2.16. The minimum absolute atomic E-state index is 0.630. The van der Waals surface area contributed by atoms with E-state index < -0.39 is 6.10 Å². The van der Waals surface area contributed by atoms with Gasteiger partial charge < -0.3 is 14.6 Å². The molecule has 0 saturated heterocycles. The molecule has 0 fully saturated rings. The number of benzene rings is 1. The first-order valence-electron chi connectivity index (χ1n) is 6.74. The molecular formula is C16H17NO3. The van der Waals surface area contributed by atoms with Gasteiger partial charge in [-0.05, 0) is 36.2 Å². The third-order valence-electron chi connectivity index (χ3n) is 3.30. The number of rotatable bonds is 2. The number of fused-ring (bicyclic) bond motifs is 1. The van der Waals surface area contributed by atoms with E-state index in [1.54, 1.807) is 6.20 Å². The second-order valence-electron chi connectivity index (χ2n) is 4.92. The lowest BCUT2D eigenvalue weighted by atomic mass is 10.0. The summed E-state index contributed by atoms with van der Waals surface area (Å²) in [4.78, 5) is 4.26. The molecule has 2 aromatic rings. The maximum absolute atomic E-state index is 10.4. The van der Waals surface area contributed by atoms with Crippen LogP contribution in [0, 0.1) is 6.92 Å². The van der Waals surface area contributed by atoms with Gasteiger partial charge in [-0.15, -0.1) is 0 Å². The van der Waals surface area contributed by atoms with Crippen molar-refractivity contribution in [3.05, 3.63) is 53.3 Å². The molecule has 0 saturated carbocycles. The maximum atomic E-state index is 10.4. The number of aliphatic hydroxyl groups is 1. The predicted molar refractivity (Wildman–Crippen MR) is 75.1 cm³/mol. The van der Waals surface area contributed by atoms with Crippen molar-refractivity contribution in [1.82, 2.24) is 4.98 Å². The molecule has 2 heterocycles. The molecule has 0 radical (unpaired) electrons. The summed E-state index contributed by atoms with van der Waals surface area (Å²) in [5, 5.41) is 10.4. The van der Waals surface area contributed by atoms with E-state index in [-0.39, 0.29) is 0 Å². The van der Waals surface area contributed by atoms with E-state index in [1.165, 1.54) is 0 Å². The molecule has 1 aliphatic rings. The summed E-state index contributed by atoms with van der Waals surface area (Å²) in [5.41, 5.74) is 2.45. The van der Waals surface area contributed by atoms with Gasteiger partial charge in [-0.3, -0.25) is 4.98 Å². The zero-order chi connectivity index (χ0) is 13.9. The summed E-state index contributed by atoms with van der Waals surface area (Å²) >= 11 is 0. The average Bonchev–Trinajstić information content (AvgIpc) is 2.71. The molecule has 4 heteroatoms. The Morgan fingerprint density at radius 2 is 1.90 bits per heavy atom.